The van der Waals surface area contributed by atoms with Crippen LogP contribution >= 0.6 is 11.3 Å². The van der Waals surface area contributed by atoms with E-state index in [0.29, 0.717) is 25.6 Å². The van der Waals surface area contributed by atoms with Gasteiger partial charge in [0.25, 0.3) is 0 Å². The summed E-state index contributed by atoms with van der Waals surface area (Å²) in [4.78, 5) is 18.8. The van der Waals surface area contributed by atoms with Crippen molar-refractivity contribution in [3.63, 3.8) is 0 Å². The van der Waals surface area contributed by atoms with Gasteiger partial charge in [0.05, 0.1) is 33.9 Å². The molecule has 1 unspecified atom stereocenters. The number of fused-ring (bicyclic) bond motifs is 1. The van der Waals surface area contributed by atoms with E-state index >= 15 is 0 Å². The zero-order valence-electron chi connectivity index (χ0n) is 21.2. The predicted octanol–water partition coefficient (Wildman–Crippen LogP) is 5.20. The van der Waals surface area contributed by atoms with Crippen LogP contribution in [0.3, 0.4) is 0 Å². The number of hydrogen-bond donors (Lipinski definition) is 3. The van der Waals surface area contributed by atoms with Crippen molar-refractivity contribution in [2.24, 2.45) is 5.92 Å². The van der Waals surface area contributed by atoms with E-state index in [4.69, 9.17) is 19.7 Å². The van der Waals surface area contributed by atoms with Crippen molar-refractivity contribution in [1.82, 2.24) is 19.9 Å². The molecule has 3 N–H and O–H groups in total. The van der Waals surface area contributed by atoms with Gasteiger partial charge in [-0.2, -0.15) is 4.98 Å². The van der Waals surface area contributed by atoms with Crippen LogP contribution in [0.25, 0.3) is 20.8 Å². The Morgan fingerprint density at radius 2 is 1.82 bits per heavy atom. The molecule has 8 nitrogen and oxygen atoms in total. The lowest BCUT2D eigenvalue weighted by Gasteiger charge is -2.34. The monoisotopic (exact) mass is 486 g/mol. The molecule has 0 amide bonds. The van der Waals surface area contributed by atoms with E-state index in [-0.39, 0.29) is 5.92 Å². The number of rotatable bonds is 13. The van der Waals surface area contributed by atoms with Gasteiger partial charge in [0.1, 0.15) is 16.3 Å². The van der Waals surface area contributed by atoms with Crippen LogP contribution in [0.1, 0.15) is 57.8 Å². The summed E-state index contributed by atoms with van der Waals surface area (Å²) in [5.74, 6) is 1.53. The second-order valence-electron chi connectivity index (χ2n) is 8.67. The number of methoxy groups -OCH3 is 1. The maximum absolute atomic E-state index is 11.0. The van der Waals surface area contributed by atoms with Crippen LogP contribution in [-0.4, -0.2) is 57.4 Å². The minimum absolute atomic E-state index is 0.219. The zero-order chi connectivity index (χ0) is 24.7. The SMILES string of the molecule is CCC(CCNc1nc(NCCOC)nc(C)c1-c1nc2c(C)nccc2s1)C(O)(CC)CC. The first-order chi connectivity index (χ1) is 16.4. The lowest BCUT2D eigenvalue weighted by molar-refractivity contribution is -0.0293. The van der Waals surface area contributed by atoms with E-state index in [1.807, 2.05) is 26.1 Å². The Labute approximate surface area is 206 Å². The summed E-state index contributed by atoms with van der Waals surface area (Å²) in [6.07, 6.45) is 5.12. The maximum Gasteiger partial charge on any atom is 0.224 e. The Kier molecular flexibility index (Phi) is 9.16. The molecule has 0 radical (unpaired) electrons. The molecule has 1 atom stereocenters. The minimum Gasteiger partial charge on any atom is -0.390 e. The number of anilines is 2. The van der Waals surface area contributed by atoms with Gasteiger partial charge in [-0.25, -0.2) is 9.97 Å². The molecular weight excluding hydrogens is 448 g/mol. The number of nitrogens with zero attached hydrogens (tertiary/aromatic N) is 4. The molecule has 0 aliphatic rings. The normalized spacial score (nSPS) is 12.8. The maximum atomic E-state index is 11.0. The van der Waals surface area contributed by atoms with Crippen LogP contribution in [0.15, 0.2) is 12.3 Å². The standard InChI is InChI=1S/C25H38N6O2S/c1-7-18(25(32,8-2)9-3)10-12-27-22-20(16(4)29-24(31-22)28-14-15-33-6)23-30-21-17(5)26-13-11-19(21)34-23/h11,13,18,32H,7-10,12,14-15H2,1-6H3,(H2,27,28,29,31). The summed E-state index contributed by atoms with van der Waals surface area (Å²) in [5, 5.41) is 18.7. The summed E-state index contributed by atoms with van der Waals surface area (Å²) >= 11 is 1.62. The molecule has 0 aliphatic heterocycles. The van der Waals surface area contributed by atoms with E-state index in [0.717, 1.165) is 63.7 Å². The van der Waals surface area contributed by atoms with E-state index < -0.39 is 5.60 Å². The molecule has 3 heterocycles. The molecular formula is C25H38N6O2S. The zero-order valence-corrected chi connectivity index (χ0v) is 22.1. The van der Waals surface area contributed by atoms with Gasteiger partial charge >= 0.3 is 0 Å². The highest BCUT2D eigenvalue weighted by Gasteiger charge is 2.31. The van der Waals surface area contributed by atoms with Gasteiger partial charge in [0, 0.05) is 26.4 Å². The third kappa shape index (κ3) is 5.82. The average Bonchev–Trinajstić information content (AvgIpc) is 3.26. The number of aliphatic hydroxyl groups is 1. The first-order valence-electron chi connectivity index (χ1n) is 12.2. The minimum atomic E-state index is -0.634. The molecule has 9 heteroatoms. The topological polar surface area (TPSA) is 105 Å². The summed E-state index contributed by atoms with van der Waals surface area (Å²) in [7, 11) is 1.67. The predicted molar refractivity (Wildman–Crippen MR) is 141 cm³/mol. The molecule has 0 bridgehead atoms. The van der Waals surface area contributed by atoms with Crippen LogP contribution in [0.4, 0.5) is 11.8 Å². The summed E-state index contributed by atoms with van der Waals surface area (Å²) in [6.45, 7) is 12.1. The third-order valence-electron chi connectivity index (χ3n) is 6.65. The van der Waals surface area contributed by atoms with Crippen molar-refractivity contribution in [2.75, 3.05) is 37.4 Å². The van der Waals surface area contributed by atoms with Crippen molar-refractivity contribution < 1.29 is 9.84 Å². The highest BCUT2D eigenvalue weighted by Crippen LogP contribution is 2.37. The first-order valence-corrected chi connectivity index (χ1v) is 13.0. The van der Waals surface area contributed by atoms with Crippen molar-refractivity contribution in [1.29, 1.82) is 0 Å². The van der Waals surface area contributed by atoms with Crippen LogP contribution in [0, 0.1) is 19.8 Å². The molecule has 0 aromatic carbocycles. The molecule has 186 valence electrons. The molecule has 0 fully saturated rings. The molecule has 0 spiro atoms. The second-order valence-corrected chi connectivity index (χ2v) is 9.70. The fourth-order valence-electron chi connectivity index (χ4n) is 4.43. The third-order valence-corrected chi connectivity index (χ3v) is 7.68. The first kappa shape index (κ1) is 26.2. The Morgan fingerprint density at radius 1 is 1.06 bits per heavy atom. The van der Waals surface area contributed by atoms with Crippen LogP contribution in [0.2, 0.25) is 0 Å². The van der Waals surface area contributed by atoms with Crippen LogP contribution in [0.5, 0.6) is 0 Å². The van der Waals surface area contributed by atoms with Gasteiger partial charge in [-0.15, -0.1) is 11.3 Å². The molecule has 34 heavy (non-hydrogen) atoms. The Hall–Kier alpha value is -2.36. The van der Waals surface area contributed by atoms with E-state index in [1.54, 1.807) is 18.4 Å². The van der Waals surface area contributed by atoms with Gasteiger partial charge in [0.2, 0.25) is 5.95 Å². The fraction of sp³-hybridized carbons (Fsp3) is 0.600. The molecule has 0 saturated carbocycles. The largest absolute Gasteiger partial charge is 0.390 e. The number of pyridine rings is 1. The molecule has 3 aromatic rings. The summed E-state index contributed by atoms with van der Waals surface area (Å²) in [5.41, 5.74) is 2.96. The second kappa shape index (κ2) is 11.9. The number of nitrogens with one attached hydrogen (secondary N) is 2. The fourth-order valence-corrected chi connectivity index (χ4v) is 5.55. The number of thiazole rings is 1. The summed E-state index contributed by atoms with van der Waals surface area (Å²) in [6, 6.07) is 2.00. The van der Waals surface area contributed by atoms with Crippen molar-refractivity contribution >= 4 is 33.3 Å². The van der Waals surface area contributed by atoms with Gasteiger partial charge in [-0.05, 0) is 45.1 Å². The van der Waals surface area contributed by atoms with E-state index in [1.165, 1.54) is 0 Å². The van der Waals surface area contributed by atoms with Gasteiger partial charge in [0.15, 0.2) is 0 Å². The smallest absolute Gasteiger partial charge is 0.224 e. The number of ether oxygens (including phenoxy) is 1. The molecule has 3 rings (SSSR count). The van der Waals surface area contributed by atoms with Gasteiger partial charge in [-0.1, -0.05) is 27.2 Å². The Morgan fingerprint density at radius 3 is 2.47 bits per heavy atom. The lowest BCUT2D eigenvalue weighted by Crippen LogP contribution is -2.37. The molecule has 0 aliphatic carbocycles. The number of aryl methyl sites for hydroxylation is 2. The van der Waals surface area contributed by atoms with Crippen LogP contribution in [-0.2, 0) is 4.74 Å². The van der Waals surface area contributed by atoms with E-state index in [2.05, 4.69) is 36.4 Å². The van der Waals surface area contributed by atoms with Gasteiger partial charge < -0.3 is 20.5 Å². The molecule has 3 aromatic heterocycles. The van der Waals surface area contributed by atoms with Crippen molar-refractivity contribution in [3.05, 3.63) is 23.7 Å². The highest BCUT2D eigenvalue weighted by atomic mass is 32.1. The Bertz CT molecular complexity index is 1080. The quantitative estimate of drug-likeness (QED) is 0.283. The number of hydrogen-bond acceptors (Lipinski definition) is 9. The van der Waals surface area contributed by atoms with E-state index in [9.17, 15) is 5.11 Å². The van der Waals surface area contributed by atoms with Crippen molar-refractivity contribution in [3.8, 4) is 10.6 Å². The number of aromatic nitrogens is 4. The molecule has 0 saturated heterocycles. The highest BCUT2D eigenvalue weighted by molar-refractivity contribution is 7.21. The van der Waals surface area contributed by atoms with Crippen molar-refractivity contribution in [2.45, 2.75) is 65.9 Å². The average molecular weight is 487 g/mol. The Balaban J connectivity index is 1.93. The van der Waals surface area contributed by atoms with Crippen LogP contribution < -0.4 is 10.6 Å². The van der Waals surface area contributed by atoms with Gasteiger partial charge in [-0.3, -0.25) is 4.98 Å². The lowest BCUT2D eigenvalue weighted by atomic mass is 9.79. The summed E-state index contributed by atoms with van der Waals surface area (Å²) < 4.78 is 6.24.